The highest BCUT2D eigenvalue weighted by Crippen LogP contribution is 2.44. The van der Waals surface area contributed by atoms with Crippen molar-refractivity contribution >= 4 is 11.6 Å². The van der Waals surface area contributed by atoms with E-state index in [2.05, 4.69) is 6.08 Å². The number of hydrogen-bond donors (Lipinski definition) is 1. The summed E-state index contributed by atoms with van der Waals surface area (Å²) in [5, 5.41) is 9.59. The fourth-order valence-electron chi connectivity index (χ4n) is 3.41. The van der Waals surface area contributed by atoms with Crippen molar-refractivity contribution < 1.29 is 19.3 Å². The lowest BCUT2D eigenvalue weighted by molar-refractivity contribution is 0.202. The average molecular weight is 374 g/mol. The Morgan fingerprint density at radius 1 is 0.893 bits per heavy atom. The van der Waals surface area contributed by atoms with Crippen LogP contribution in [0.5, 0.6) is 23.0 Å². The Kier molecular flexibility index (Phi) is 4.94. The van der Waals surface area contributed by atoms with E-state index in [4.69, 9.17) is 14.2 Å². The molecule has 1 atom stereocenters. The Morgan fingerprint density at radius 2 is 1.57 bits per heavy atom. The monoisotopic (exact) mass is 374 g/mol. The molecule has 0 fully saturated rings. The van der Waals surface area contributed by atoms with E-state index in [-0.39, 0.29) is 11.9 Å². The molecule has 3 aromatic carbocycles. The molecule has 4 rings (SSSR count). The molecule has 1 unspecified atom stereocenters. The third kappa shape index (κ3) is 3.67. The molecular weight excluding hydrogens is 352 g/mol. The summed E-state index contributed by atoms with van der Waals surface area (Å²) in [6, 6.07) is 21.1. The summed E-state index contributed by atoms with van der Waals surface area (Å²) in [6.07, 6.45) is 2.78. The predicted octanol–water partition coefficient (Wildman–Crippen LogP) is 5.47. The zero-order valence-corrected chi connectivity index (χ0v) is 15.9. The van der Waals surface area contributed by atoms with E-state index in [1.165, 1.54) is 5.57 Å². The maximum atomic E-state index is 9.59. The molecule has 142 valence electrons. The number of methoxy groups -OCH3 is 2. The molecule has 3 aromatic rings. The van der Waals surface area contributed by atoms with E-state index in [1.807, 2.05) is 54.6 Å². The van der Waals surface area contributed by atoms with Gasteiger partial charge in [-0.05, 0) is 53.1 Å². The second kappa shape index (κ2) is 7.69. The third-order valence-electron chi connectivity index (χ3n) is 4.93. The average Bonchev–Trinajstić information content (AvgIpc) is 2.74. The molecule has 0 spiro atoms. The number of rotatable bonds is 4. The van der Waals surface area contributed by atoms with Crippen LogP contribution in [0.1, 0.15) is 29.2 Å². The Balaban J connectivity index is 1.75. The van der Waals surface area contributed by atoms with Crippen molar-refractivity contribution in [2.24, 2.45) is 0 Å². The quantitative estimate of drug-likeness (QED) is 0.657. The van der Waals surface area contributed by atoms with Gasteiger partial charge in [0.1, 0.15) is 29.1 Å². The van der Waals surface area contributed by atoms with E-state index in [0.29, 0.717) is 0 Å². The normalized spacial score (nSPS) is 16.9. The third-order valence-corrected chi connectivity index (χ3v) is 4.93. The van der Waals surface area contributed by atoms with Crippen LogP contribution in [-0.2, 0) is 0 Å². The van der Waals surface area contributed by atoms with Crippen molar-refractivity contribution in [1.82, 2.24) is 0 Å². The van der Waals surface area contributed by atoms with E-state index in [0.717, 1.165) is 40.4 Å². The lowest BCUT2D eigenvalue weighted by atomic mass is 9.91. The molecule has 1 N–H and O–H groups in total. The number of hydrogen-bond acceptors (Lipinski definition) is 4. The van der Waals surface area contributed by atoms with Gasteiger partial charge in [-0.15, -0.1) is 0 Å². The van der Waals surface area contributed by atoms with Crippen molar-refractivity contribution in [3.8, 4) is 23.0 Å². The van der Waals surface area contributed by atoms with Gasteiger partial charge in [0, 0.05) is 18.1 Å². The van der Waals surface area contributed by atoms with E-state index < -0.39 is 0 Å². The van der Waals surface area contributed by atoms with Gasteiger partial charge in [-0.2, -0.15) is 0 Å². The molecule has 1 heterocycles. The maximum absolute atomic E-state index is 9.59. The SMILES string of the molecule is COc1ccc(/C=C2\CC(c3ccc(O)cc3)Oc3cc(OC)ccc32)cc1. The molecule has 0 saturated carbocycles. The molecule has 0 aromatic heterocycles. The van der Waals surface area contributed by atoms with E-state index >= 15 is 0 Å². The number of benzene rings is 3. The van der Waals surface area contributed by atoms with Crippen LogP contribution in [0.2, 0.25) is 0 Å². The lowest BCUT2D eigenvalue weighted by Crippen LogP contribution is -2.14. The molecule has 0 aliphatic carbocycles. The van der Waals surface area contributed by atoms with Crippen molar-refractivity contribution in [3.63, 3.8) is 0 Å². The summed E-state index contributed by atoms with van der Waals surface area (Å²) in [7, 11) is 3.31. The van der Waals surface area contributed by atoms with Crippen LogP contribution in [0.4, 0.5) is 0 Å². The highest BCUT2D eigenvalue weighted by Gasteiger charge is 2.25. The molecule has 0 bridgehead atoms. The van der Waals surface area contributed by atoms with Crippen molar-refractivity contribution in [2.75, 3.05) is 14.2 Å². The summed E-state index contributed by atoms with van der Waals surface area (Å²) in [4.78, 5) is 0. The Labute approximate surface area is 164 Å². The minimum atomic E-state index is -0.135. The topological polar surface area (TPSA) is 47.9 Å². The number of phenolic OH excluding ortho intramolecular Hbond substituents is 1. The van der Waals surface area contributed by atoms with Gasteiger partial charge in [0.2, 0.25) is 0 Å². The van der Waals surface area contributed by atoms with Crippen molar-refractivity contribution in [3.05, 3.63) is 83.4 Å². The molecule has 1 aliphatic heterocycles. The van der Waals surface area contributed by atoms with Crippen LogP contribution in [0, 0.1) is 0 Å². The second-order valence-electron chi connectivity index (χ2n) is 6.71. The molecule has 0 radical (unpaired) electrons. The van der Waals surface area contributed by atoms with E-state index in [1.54, 1.807) is 26.4 Å². The number of phenols is 1. The number of ether oxygens (including phenoxy) is 3. The first kappa shape index (κ1) is 18.0. The summed E-state index contributed by atoms with van der Waals surface area (Å²) < 4.78 is 16.9. The lowest BCUT2D eigenvalue weighted by Gasteiger charge is -2.29. The molecular formula is C24H22O4. The first-order valence-corrected chi connectivity index (χ1v) is 9.15. The highest BCUT2D eigenvalue weighted by molar-refractivity contribution is 5.85. The van der Waals surface area contributed by atoms with Crippen LogP contribution >= 0.6 is 0 Å². The van der Waals surface area contributed by atoms with Gasteiger partial charge in [-0.3, -0.25) is 0 Å². The van der Waals surface area contributed by atoms with Crippen LogP contribution in [-0.4, -0.2) is 19.3 Å². The zero-order chi connectivity index (χ0) is 19.5. The molecule has 1 aliphatic rings. The van der Waals surface area contributed by atoms with Crippen molar-refractivity contribution in [1.29, 1.82) is 0 Å². The largest absolute Gasteiger partial charge is 0.508 e. The van der Waals surface area contributed by atoms with E-state index in [9.17, 15) is 5.11 Å². The Hall–Kier alpha value is -3.40. The van der Waals surface area contributed by atoms with Crippen LogP contribution in [0.15, 0.2) is 66.7 Å². The molecule has 28 heavy (non-hydrogen) atoms. The molecule has 0 saturated heterocycles. The van der Waals surface area contributed by atoms with Gasteiger partial charge in [0.15, 0.2) is 0 Å². The van der Waals surface area contributed by atoms with Gasteiger partial charge >= 0.3 is 0 Å². The molecule has 4 heteroatoms. The standard InChI is InChI=1S/C24H22O4/c1-26-20-9-3-16(4-10-20)13-18-14-23(17-5-7-19(25)8-6-17)28-24-15-21(27-2)11-12-22(18)24/h3-13,15,23,25H,14H2,1-2H3/b18-13+. The highest BCUT2D eigenvalue weighted by atomic mass is 16.5. The first-order chi connectivity index (χ1) is 13.7. The minimum Gasteiger partial charge on any atom is -0.508 e. The smallest absolute Gasteiger partial charge is 0.131 e. The second-order valence-corrected chi connectivity index (χ2v) is 6.71. The van der Waals surface area contributed by atoms with Gasteiger partial charge in [-0.25, -0.2) is 0 Å². The summed E-state index contributed by atoms with van der Waals surface area (Å²) in [5.41, 5.74) is 4.37. The van der Waals surface area contributed by atoms with Gasteiger partial charge in [0.25, 0.3) is 0 Å². The summed E-state index contributed by atoms with van der Waals surface area (Å²) >= 11 is 0. The number of fused-ring (bicyclic) bond motifs is 1. The van der Waals surface area contributed by atoms with Crippen LogP contribution in [0.25, 0.3) is 11.6 Å². The Morgan fingerprint density at radius 3 is 2.25 bits per heavy atom. The van der Waals surface area contributed by atoms with Crippen LogP contribution in [0.3, 0.4) is 0 Å². The molecule has 4 nitrogen and oxygen atoms in total. The Bertz CT molecular complexity index is 988. The summed E-state index contributed by atoms with van der Waals surface area (Å²) in [6.45, 7) is 0. The van der Waals surface area contributed by atoms with Gasteiger partial charge in [0.05, 0.1) is 14.2 Å². The summed E-state index contributed by atoms with van der Waals surface area (Å²) in [5.74, 6) is 2.63. The zero-order valence-electron chi connectivity index (χ0n) is 15.9. The van der Waals surface area contributed by atoms with Gasteiger partial charge in [-0.1, -0.05) is 30.3 Å². The van der Waals surface area contributed by atoms with Crippen LogP contribution < -0.4 is 14.2 Å². The number of aromatic hydroxyl groups is 1. The maximum Gasteiger partial charge on any atom is 0.131 e. The fourth-order valence-corrected chi connectivity index (χ4v) is 3.41. The van der Waals surface area contributed by atoms with Gasteiger partial charge < -0.3 is 19.3 Å². The molecule has 0 amide bonds. The fraction of sp³-hybridized carbons (Fsp3) is 0.167. The first-order valence-electron chi connectivity index (χ1n) is 9.15. The predicted molar refractivity (Wildman–Crippen MR) is 110 cm³/mol. The van der Waals surface area contributed by atoms with Crippen molar-refractivity contribution in [2.45, 2.75) is 12.5 Å². The minimum absolute atomic E-state index is 0.135.